The van der Waals surface area contributed by atoms with Crippen molar-refractivity contribution in [3.05, 3.63) is 82.5 Å². The van der Waals surface area contributed by atoms with E-state index in [1.54, 1.807) is 32.9 Å². The summed E-state index contributed by atoms with van der Waals surface area (Å²) in [5.41, 5.74) is 0.489. The molecule has 8 bridgehead atoms. The molecule has 8 nitrogen and oxygen atoms in total. The highest BCUT2D eigenvalue weighted by atomic mass is 16.6. The topological polar surface area (TPSA) is 116 Å². The third-order valence-electron chi connectivity index (χ3n) is 5.57. The van der Waals surface area contributed by atoms with Crippen molar-refractivity contribution in [1.82, 2.24) is 10.3 Å². The molecule has 5 heterocycles. The molecule has 0 aromatic carbocycles. The second-order valence-electron chi connectivity index (χ2n) is 9.47. The van der Waals surface area contributed by atoms with Gasteiger partial charge in [-0.05, 0) is 87.6 Å². The molecule has 0 spiro atoms. The molecule has 4 aliphatic rings. The predicted octanol–water partition coefficient (Wildman–Crippen LogP) is 1.65. The summed E-state index contributed by atoms with van der Waals surface area (Å²) in [6.45, 7) is 5.23. The molecular formula is C26H24N4O4. The lowest BCUT2D eigenvalue weighted by molar-refractivity contribution is -0.165. The number of aromatic nitrogens is 1. The molecular weight excluding hydrogens is 432 g/mol. The fraction of sp³-hybridized carbons (Fsp3) is 0.231. The van der Waals surface area contributed by atoms with Gasteiger partial charge < -0.3 is 20.1 Å². The van der Waals surface area contributed by atoms with E-state index in [-0.39, 0.29) is 0 Å². The maximum Gasteiger partial charge on any atom is 0.337 e. The number of aromatic amines is 1. The number of allylic oxidation sites excluding steroid dienone is 5. The minimum Gasteiger partial charge on any atom is -0.481 e. The van der Waals surface area contributed by atoms with Gasteiger partial charge in [0.15, 0.2) is 5.54 Å². The van der Waals surface area contributed by atoms with E-state index in [1.807, 2.05) is 42.5 Å². The number of rotatable bonds is 2. The highest BCUT2D eigenvalue weighted by molar-refractivity contribution is 6.20. The van der Waals surface area contributed by atoms with Gasteiger partial charge in [-0.2, -0.15) is 0 Å². The summed E-state index contributed by atoms with van der Waals surface area (Å²) in [7, 11) is 0. The molecule has 5 rings (SSSR count). The smallest absolute Gasteiger partial charge is 0.337 e. The van der Waals surface area contributed by atoms with Gasteiger partial charge in [-0.25, -0.2) is 14.8 Å². The number of nitrogens with zero attached hydrogens (tertiary/aromatic N) is 2. The lowest BCUT2D eigenvalue weighted by Gasteiger charge is -2.33. The standard InChI is InChI=1S/C26H24N4O4/c1-25(2,3)34-24(33)26-14-20-9-8-18(29-20)11-17-5-4-15(27-17)10-16-6-7-19(28-16)12-21(30-26)13-22(26)23(31)32/h4-14,22,27,30H,1-3H3,(H,31,32)/t22?,26-/m0/s1. The molecule has 0 saturated carbocycles. The van der Waals surface area contributed by atoms with Gasteiger partial charge in [-0.3, -0.25) is 4.79 Å². The fourth-order valence-electron chi connectivity index (χ4n) is 4.16. The number of carbonyl (C=O) groups excluding carboxylic acids is 1. The number of ether oxygens (including phenoxy) is 1. The van der Waals surface area contributed by atoms with E-state index >= 15 is 0 Å². The van der Waals surface area contributed by atoms with Crippen LogP contribution >= 0.6 is 0 Å². The molecule has 4 aliphatic heterocycles. The average Bonchev–Trinajstić information content (AvgIpc) is 3.50. The third kappa shape index (κ3) is 4.10. The summed E-state index contributed by atoms with van der Waals surface area (Å²) < 4.78 is 5.68. The number of fused-ring (bicyclic) bond motifs is 6. The lowest BCUT2D eigenvalue weighted by atomic mass is 9.84. The fourth-order valence-corrected chi connectivity index (χ4v) is 4.16. The van der Waals surface area contributed by atoms with Crippen molar-refractivity contribution in [3.8, 4) is 0 Å². The number of carboxylic acids is 1. The number of carboxylic acid groups (broad SMARTS) is 1. The molecule has 0 amide bonds. The van der Waals surface area contributed by atoms with E-state index in [1.165, 1.54) is 12.2 Å². The minimum absolute atomic E-state index is 0.463. The Morgan fingerprint density at radius 2 is 1.59 bits per heavy atom. The number of H-pyrrole nitrogens is 1. The van der Waals surface area contributed by atoms with Crippen molar-refractivity contribution >= 4 is 35.5 Å². The molecule has 0 fully saturated rings. The maximum absolute atomic E-state index is 13.5. The van der Waals surface area contributed by atoms with Crippen LogP contribution in [-0.4, -0.2) is 44.6 Å². The first kappa shape index (κ1) is 21.6. The summed E-state index contributed by atoms with van der Waals surface area (Å²) in [6, 6.07) is 3.90. The van der Waals surface area contributed by atoms with Crippen molar-refractivity contribution in [2.45, 2.75) is 31.9 Å². The zero-order valence-corrected chi connectivity index (χ0v) is 19.0. The van der Waals surface area contributed by atoms with Crippen molar-refractivity contribution < 1.29 is 19.4 Å². The molecule has 2 atom stereocenters. The monoisotopic (exact) mass is 456 g/mol. The van der Waals surface area contributed by atoms with Crippen LogP contribution in [0.5, 0.6) is 0 Å². The number of nitrogens with one attached hydrogen (secondary N) is 2. The number of carbonyl (C=O) groups is 2. The van der Waals surface area contributed by atoms with Gasteiger partial charge in [-0.15, -0.1) is 0 Å². The Labute approximate surface area is 195 Å². The normalized spacial score (nSPS) is 24.7. The molecule has 1 unspecified atom stereocenters. The maximum atomic E-state index is 13.5. The van der Waals surface area contributed by atoms with Gasteiger partial charge in [0, 0.05) is 16.4 Å². The zero-order valence-electron chi connectivity index (χ0n) is 19.0. The van der Waals surface area contributed by atoms with Gasteiger partial charge in [0.2, 0.25) is 0 Å². The molecule has 8 heteroatoms. The van der Waals surface area contributed by atoms with Gasteiger partial charge in [0.25, 0.3) is 0 Å². The average molecular weight is 457 g/mol. The first-order valence-corrected chi connectivity index (χ1v) is 10.9. The second kappa shape index (κ2) is 7.69. The van der Waals surface area contributed by atoms with E-state index in [0.29, 0.717) is 22.8 Å². The molecule has 0 aliphatic carbocycles. The number of aliphatic carboxylic acids is 1. The SMILES string of the molecule is CC(C)(C)OC(=O)[C@]12C=C3C=CC(=N3)C=c3ccc([nH]3)=CC3=NC(=CC(=CC1C(=O)O)N2)C=C3. The van der Waals surface area contributed by atoms with E-state index in [9.17, 15) is 14.7 Å². The van der Waals surface area contributed by atoms with Gasteiger partial charge in [0.1, 0.15) is 11.5 Å². The summed E-state index contributed by atoms with van der Waals surface area (Å²) in [4.78, 5) is 38.3. The molecule has 1 aromatic rings. The Morgan fingerprint density at radius 3 is 2.21 bits per heavy atom. The minimum atomic E-state index is -1.68. The Balaban J connectivity index is 1.71. The molecule has 3 N–H and O–H groups in total. The van der Waals surface area contributed by atoms with Gasteiger partial charge >= 0.3 is 11.9 Å². The zero-order chi connectivity index (χ0) is 24.1. The van der Waals surface area contributed by atoms with Crippen LogP contribution in [-0.2, 0) is 14.3 Å². The molecule has 1 aromatic heterocycles. The summed E-state index contributed by atoms with van der Waals surface area (Å²) in [6.07, 6.45) is 15.8. The predicted molar refractivity (Wildman–Crippen MR) is 129 cm³/mol. The number of hydrogen-bond donors (Lipinski definition) is 3. The van der Waals surface area contributed by atoms with E-state index in [2.05, 4.69) is 20.3 Å². The summed E-state index contributed by atoms with van der Waals surface area (Å²) in [5, 5.41) is 15.0. The molecule has 0 radical (unpaired) electrons. The van der Waals surface area contributed by atoms with Crippen LogP contribution in [0.1, 0.15) is 20.8 Å². The second-order valence-corrected chi connectivity index (χ2v) is 9.47. The van der Waals surface area contributed by atoms with Crippen LogP contribution < -0.4 is 16.0 Å². The Kier molecular flexibility index (Phi) is 4.89. The molecule has 172 valence electrons. The van der Waals surface area contributed by atoms with Crippen LogP contribution in [0.25, 0.3) is 12.2 Å². The number of aliphatic imine (C=N–C) groups is 2. The van der Waals surface area contributed by atoms with E-state index < -0.39 is 29.0 Å². The van der Waals surface area contributed by atoms with Crippen molar-refractivity contribution in [2.24, 2.45) is 15.9 Å². The number of esters is 1. The largest absolute Gasteiger partial charge is 0.481 e. The van der Waals surface area contributed by atoms with Crippen LogP contribution in [0.15, 0.2) is 81.7 Å². The highest BCUT2D eigenvalue weighted by Gasteiger charge is 2.53. The Hall–Kier alpha value is -4.20. The van der Waals surface area contributed by atoms with Crippen molar-refractivity contribution in [1.29, 1.82) is 0 Å². The quantitative estimate of drug-likeness (QED) is 0.585. The van der Waals surface area contributed by atoms with Crippen molar-refractivity contribution in [3.63, 3.8) is 0 Å². The first-order valence-electron chi connectivity index (χ1n) is 10.9. The van der Waals surface area contributed by atoms with Crippen LogP contribution in [0.2, 0.25) is 0 Å². The van der Waals surface area contributed by atoms with E-state index in [4.69, 9.17) is 4.74 Å². The summed E-state index contributed by atoms with van der Waals surface area (Å²) in [5.74, 6) is -3.06. The Bertz CT molecular complexity index is 1440. The third-order valence-corrected chi connectivity index (χ3v) is 5.57. The molecule has 34 heavy (non-hydrogen) atoms. The lowest BCUT2D eigenvalue weighted by Crippen LogP contribution is -2.56. The highest BCUT2D eigenvalue weighted by Crippen LogP contribution is 2.35. The first-order chi connectivity index (χ1) is 16.1. The number of hydrogen-bond acceptors (Lipinski definition) is 6. The van der Waals surface area contributed by atoms with E-state index in [0.717, 1.165) is 16.4 Å². The van der Waals surface area contributed by atoms with Crippen molar-refractivity contribution in [2.75, 3.05) is 0 Å². The van der Waals surface area contributed by atoms with Gasteiger partial charge in [0.05, 0.1) is 22.8 Å². The van der Waals surface area contributed by atoms with Crippen LogP contribution in [0.4, 0.5) is 0 Å². The summed E-state index contributed by atoms with van der Waals surface area (Å²) >= 11 is 0. The van der Waals surface area contributed by atoms with Gasteiger partial charge in [-0.1, -0.05) is 0 Å². The van der Waals surface area contributed by atoms with Crippen LogP contribution in [0, 0.1) is 5.92 Å². The Morgan fingerprint density at radius 1 is 0.971 bits per heavy atom. The van der Waals surface area contributed by atoms with Crippen LogP contribution in [0.3, 0.4) is 0 Å². The molecule has 0 saturated heterocycles.